The van der Waals surface area contributed by atoms with Crippen LogP contribution in [0, 0.1) is 0 Å². The highest BCUT2D eigenvalue weighted by atomic mass is 16.5. The SMILES string of the molecule is CCOC1CCN(c2nc(CN)co2)CC1. The lowest BCUT2D eigenvalue weighted by molar-refractivity contribution is 0.0453. The third-order valence-electron chi connectivity index (χ3n) is 2.86. The van der Waals surface area contributed by atoms with Gasteiger partial charge in [-0.2, -0.15) is 4.98 Å². The van der Waals surface area contributed by atoms with E-state index in [0.717, 1.165) is 38.2 Å². The summed E-state index contributed by atoms with van der Waals surface area (Å²) < 4.78 is 11.0. The summed E-state index contributed by atoms with van der Waals surface area (Å²) in [6.45, 7) is 5.14. The zero-order valence-electron chi connectivity index (χ0n) is 9.69. The lowest BCUT2D eigenvalue weighted by Gasteiger charge is -2.30. The molecule has 0 radical (unpaired) electrons. The molecular weight excluding hydrogens is 206 g/mol. The summed E-state index contributed by atoms with van der Waals surface area (Å²) in [6, 6.07) is 0.690. The van der Waals surface area contributed by atoms with Gasteiger partial charge in [-0.25, -0.2) is 0 Å². The van der Waals surface area contributed by atoms with Gasteiger partial charge in [-0.1, -0.05) is 0 Å². The third kappa shape index (κ3) is 2.54. The predicted molar refractivity (Wildman–Crippen MR) is 61.3 cm³/mol. The van der Waals surface area contributed by atoms with E-state index in [9.17, 15) is 0 Å². The van der Waals surface area contributed by atoms with Crippen molar-refractivity contribution in [1.29, 1.82) is 0 Å². The Morgan fingerprint density at radius 3 is 2.88 bits per heavy atom. The summed E-state index contributed by atoms with van der Waals surface area (Å²) in [6.07, 6.45) is 4.09. The van der Waals surface area contributed by atoms with E-state index in [1.165, 1.54) is 0 Å². The van der Waals surface area contributed by atoms with Crippen LogP contribution in [0.5, 0.6) is 0 Å². The van der Waals surface area contributed by atoms with Crippen LogP contribution in [0.3, 0.4) is 0 Å². The summed E-state index contributed by atoms with van der Waals surface area (Å²) in [5, 5.41) is 0. The van der Waals surface area contributed by atoms with E-state index in [2.05, 4.69) is 9.88 Å². The van der Waals surface area contributed by atoms with Crippen molar-refractivity contribution in [3.8, 4) is 0 Å². The molecule has 0 bridgehead atoms. The second-order valence-corrected chi connectivity index (χ2v) is 3.97. The van der Waals surface area contributed by atoms with Crippen LogP contribution in [-0.2, 0) is 11.3 Å². The Hall–Kier alpha value is -1.07. The lowest BCUT2D eigenvalue weighted by atomic mass is 10.1. The Kier molecular flexibility index (Phi) is 3.79. The average molecular weight is 225 g/mol. The molecule has 2 heterocycles. The molecule has 1 fully saturated rings. The van der Waals surface area contributed by atoms with Crippen LogP contribution < -0.4 is 10.6 Å². The van der Waals surface area contributed by atoms with E-state index in [1.54, 1.807) is 6.26 Å². The predicted octanol–water partition coefficient (Wildman–Crippen LogP) is 1.14. The van der Waals surface area contributed by atoms with Gasteiger partial charge >= 0.3 is 0 Å². The Bertz CT molecular complexity index is 319. The largest absolute Gasteiger partial charge is 0.432 e. The van der Waals surface area contributed by atoms with Gasteiger partial charge in [0.15, 0.2) is 0 Å². The van der Waals surface area contributed by atoms with Crippen LogP contribution in [0.15, 0.2) is 10.7 Å². The number of ether oxygens (including phenoxy) is 1. The molecule has 2 rings (SSSR count). The molecule has 5 heteroatoms. The molecule has 5 nitrogen and oxygen atoms in total. The molecule has 1 aromatic heterocycles. The van der Waals surface area contributed by atoms with Crippen LogP contribution in [-0.4, -0.2) is 30.8 Å². The van der Waals surface area contributed by atoms with Crippen molar-refractivity contribution in [2.75, 3.05) is 24.6 Å². The highest BCUT2D eigenvalue weighted by molar-refractivity contribution is 5.27. The summed E-state index contributed by atoms with van der Waals surface area (Å²) in [5.74, 6) is 0. The highest BCUT2D eigenvalue weighted by Gasteiger charge is 2.22. The Balaban J connectivity index is 1.88. The molecule has 1 aliphatic rings. The maximum absolute atomic E-state index is 5.60. The van der Waals surface area contributed by atoms with Crippen LogP contribution in [0.1, 0.15) is 25.5 Å². The minimum absolute atomic E-state index is 0.394. The number of aromatic nitrogens is 1. The molecule has 90 valence electrons. The van der Waals surface area contributed by atoms with Crippen molar-refractivity contribution >= 4 is 6.01 Å². The number of piperidine rings is 1. The summed E-state index contributed by atoms with van der Waals surface area (Å²) in [4.78, 5) is 6.46. The molecule has 16 heavy (non-hydrogen) atoms. The van der Waals surface area contributed by atoms with Gasteiger partial charge in [-0.15, -0.1) is 0 Å². The van der Waals surface area contributed by atoms with Crippen LogP contribution in [0.25, 0.3) is 0 Å². The first-order chi connectivity index (χ1) is 7.83. The lowest BCUT2D eigenvalue weighted by Crippen LogP contribution is -2.37. The first-order valence-electron chi connectivity index (χ1n) is 5.84. The van der Waals surface area contributed by atoms with E-state index >= 15 is 0 Å². The number of nitrogens with two attached hydrogens (primary N) is 1. The fourth-order valence-electron chi connectivity index (χ4n) is 1.98. The highest BCUT2D eigenvalue weighted by Crippen LogP contribution is 2.20. The Morgan fingerprint density at radius 2 is 2.31 bits per heavy atom. The standard InChI is InChI=1S/C11H19N3O2/c1-2-15-10-3-5-14(6-4-10)11-13-9(7-12)8-16-11/h8,10H,2-7,12H2,1H3. The maximum atomic E-state index is 5.60. The summed E-state index contributed by atoms with van der Waals surface area (Å²) in [5.41, 5.74) is 6.30. The zero-order chi connectivity index (χ0) is 11.4. The van der Waals surface area contributed by atoms with Crippen molar-refractivity contribution in [1.82, 2.24) is 4.98 Å². The summed E-state index contributed by atoms with van der Waals surface area (Å²) in [7, 11) is 0. The number of oxazole rings is 1. The third-order valence-corrected chi connectivity index (χ3v) is 2.86. The number of nitrogens with zero attached hydrogens (tertiary/aromatic N) is 2. The smallest absolute Gasteiger partial charge is 0.297 e. The first-order valence-corrected chi connectivity index (χ1v) is 5.84. The van der Waals surface area contributed by atoms with Gasteiger partial charge in [-0.05, 0) is 19.8 Å². The normalized spacial score (nSPS) is 18.0. The molecule has 0 amide bonds. The Labute approximate surface area is 95.6 Å². The molecule has 0 aliphatic carbocycles. The van der Waals surface area contributed by atoms with Crippen molar-refractivity contribution < 1.29 is 9.15 Å². The van der Waals surface area contributed by atoms with Crippen molar-refractivity contribution in [3.63, 3.8) is 0 Å². The zero-order valence-corrected chi connectivity index (χ0v) is 9.69. The maximum Gasteiger partial charge on any atom is 0.297 e. The number of rotatable bonds is 4. The van der Waals surface area contributed by atoms with E-state index < -0.39 is 0 Å². The number of hydrogen-bond acceptors (Lipinski definition) is 5. The molecule has 1 aromatic rings. The fourth-order valence-corrected chi connectivity index (χ4v) is 1.98. The molecule has 0 saturated carbocycles. The van der Waals surface area contributed by atoms with Crippen LogP contribution >= 0.6 is 0 Å². The van der Waals surface area contributed by atoms with Crippen molar-refractivity contribution in [2.24, 2.45) is 5.73 Å². The molecular formula is C11H19N3O2. The van der Waals surface area contributed by atoms with Crippen molar-refractivity contribution in [3.05, 3.63) is 12.0 Å². The monoisotopic (exact) mass is 225 g/mol. The molecule has 2 N–H and O–H groups in total. The van der Waals surface area contributed by atoms with E-state index in [1.807, 2.05) is 6.92 Å². The van der Waals surface area contributed by atoms with E-state index in [4.69, 9.17) is 14.9 Å². The van der Waals surface area contributed by atoms with Crippen LogP contribution in [0.4, 0.5) is 6.01 Å². The molecule has 1 saturated heterocycles. The molecule has 0 aromatic carbocycles. The second-order valence-electron chi connectivity index (χ2n) is 3.97. The average Bonchev–Trinajstić information content (AvgIpc) is 2.79. The molecule has 0 spiro atoms. The fraction of sp³-hybridized carbons (Fsp3) is 0.727. The summed E-state index contributed by atoms with van der Waals surface area (Å²) >= 11 is 0. The van der Waals surface area contributed by atoms with Gasteiger partial charge in [0.2, 0.25) is 0 Å². The quantitative estimate of drug-likeness (QED) is 0.832. The van der Waals surface area contributed by atoms with Gasteiger partial charge in [0.05, 0.1) is 11.8 Å². The van der Waals surface area contributed by atoms with E-state index in [0.29, 0.717) is 18.7 Å². The van der Waals surface area contributed by atoms with E-state index in [-0.39, 0.29) is 0 Å². The van der Waals surface area contributed by atoms with Gasteiger partial charge in [0.25, 0.3) is 6.01 Å². The van der Waals surface area contributed by atoms with Gasteiger partial charge in [-0.3, -0.25) is 0 Å². The first kappa shape index (κ1) is 11.4. The van der Waals surface area contributed by atoms with Crippen molar-refractivity contribution in [2.45, 2.75) is 32.4 Å². The number of hydrogen-bond donors (Lipinski definition) is 1. The number of anilines is 1. The van der Waals surface area contributed by atoms with Gasteiger partial charge in [0, 0.05) is 26.2 Å². The topological polar surface area (TPSA) is 64.5 Å². The van der Waals surface area contributed by atoms with Crippen LogP contribution in [0.2, 0.25) is 0 Å². The molecule has 1 aliphatic heterocycles. The second kappa shape index (κ2) is 5.32. The minimum Gasteiger partial charge on any atom is -0.432 e. The Morgan fingerprint density at radius 1 is 1.56 bits per heavy atom. The molecule has 0 unspecified atom stereocenters. The molecule has 0 atom stereocenters. The van der Waals surface area contributed by atoms with Gasteiger partial charge in [0.1, 0.15) is 6.26 Å². The van der Waals surface area contributed by atoms with Gasteiger partial charge < -0.3 is 19.8 Å². The minimum atomic E-state index is 0.394.